The molecule has 0 radical (unpaired) electrons. The number of aliphatic hydroxyl groups excluding tert-OH is 1. The van der Waals surface area contributed by atoms with Gasteiger partial charge in [0.2, 0.25) is 0 Å². The molecule has 2 amide bonds. The summed E-state index contributed by atoms with van der Waals surface area (Å²) >= 11 is 0. The fourth-order valence-corrected chi connectivity index (χ4v) is 1.99. The minimum Gasteiger partial charge on any atom is -0.503 e. The number of carbonyl (C=O) groups is 2. The van der Waals surface area contributed by atoms with Gasteiger partial charge in [-0.3, -0.25) is 14.4 Å². The highest BCUT2D eigenvalue weighted by molar-refractivity contribution is 6.06. The van der Waals surface area contributed by atoms with Gasteiger partial charge in [0.1, 0.15) is 5.82 Å². The van der Waals surface area contributed by atoms with Crippen molar-refractivity contribution in [1.82, 2.24) is 9.96 Å². The van der Waals surface area contributed by atoms with Crippen molar-refractivity contribution in [2.24, 2.45) is 0 Å². The van der Waals surface area contributed by atoms with Crippen LogP contribution in [0.4, 0.5) is 4.39 Å². The summed E-state index contributed by atoms with van der Waals surface area (Å²) in [7, 11) is 2.79. The van der Waals surface area contributed by atoms with E-state index in [-0.39, 0.29) is 24.5 Å². The maximum atomic E-state index is 12.9. The van der Waals surface area contributed by atoms with Crippen LogP contribution in [0.5, 0.6) is 0 Å². The first-order valence-corrected chi connectivity index (χ1v) is 6.22. The lowest BCUT2D eigenvalue weighted by Crippen LogP contribution is -2.32. The molecule has 112 valence electrons. The zero-order chi connectivity index (χ0) is 15.6. The fourth-order valence-electron chi connectivity index (χ4n) is 1.99. The van der Waals surface area contributed by atoms with Crippen LogP contribution in [0.15, 0.2) is 35.6 Å². The number of aliphatic hydroxyl groups is 1. The highest BCUT2D eigenvalue weighted by atomic mass is 19.1. The minimum absolute atomic E-state index is 0.0206. The molecule has 0 bridgehead atoms. The average Bonchev–Trinajstić information content (AvgIpc) is 2.73. The summed E-state index contributed by atoms with van der Waals surface area (Å²) in [5.41, 5.74) is 0.635. The van der Waals surface area contributed by atoms with Crippen LogP contribution >= 0.6 is 0 Å². The molecule has 0 saturated carbocycles. The van der Waals surface area contributed by atoms with Gasteiger partial charge in [-0.15, -0.1) is 0 Å². The van der Waals surface area contributed by atoms with Crippen LogP contribution < -0.4 is 0 Å². The second-order valence-electron chi connectivity index (χ2n) is 4.64. The van der Waals surface area contributed by atoms with Crippen LogP contribution in [0.1, 0.15) is 5.56 Å². The van der Waals surface area contributed by atoms with Crippen molar-refractivity contribution in [2.45, 2.75) is 6.54 Å². The third-order valence-electron chi connectivity index (χ3n) is 3.17. The highest BCUT2D eigenvalue weighted by Crippen LogP contribution is 2.19. The molecule has 1 aromatic rings. The summed E-state index contributed by atoms with van der Waals surface area (Å²) in [5.74, 6) is -2.14. The molecule has 0 atom stereocenters. The van der Waals surface area contributed by atoms with Crippen molar-refractivity contribution in [1.29, 1.82) is 0 Å². The molecule has 0 aromatic heterocycles. The number of nitrogens with zero attached hydrogens (tertiary/aromatic N) is 2. The van der Waals surface area contributed by atoms with Crippen LogP contribution in [0, 0.1) is 5.82 Å². The number of carbonyl (C=O) groups excluding carboxylic acids is 2. The molecule has 2 rings (SSSR count). The summed E-state index contributed by atoms with van der Waals surface area (Å²) in [6.45, 7) is 0.0943. The summed E-state index contributed by atoms with van der Waals surface area (Å²) in [6, 6.07) is 5.60. The van der Waals surface area contributed by atoms with Gasteiger partial charge in [-0.1, -0.05) is 12.1 Å². The number of hydroxylamine groups is 2. The Kier molecular flexibility index (Phi) is 4.23. The van der Waals surface area contributed by atoms with Gasteiger partial charge in [0, 0.05) is 7.05 Å². The second kappa shape index (κ2) is 5.92. The maximum Gasteiger partial charge on any atom is 0.289 e. The Bertz CT molecular complexity index is 597. The van der Waals surface area contributed by atoms with Gasteiger partial charge in [-0.2, -0.15) is 0 Å². The van der Waals surface area contributed by atoms with Crippen molar-refractivity contribution < 1.29 is 23.9 Å². The number of amides is 2. The Hall–Kier alpha value is -2.41. The number of hydrogen-bond acceptors (Lipinski definition) is 4. The quantitative estimate of drug-likeness (QED) is 0.841. The van der Waals surface area contributed by atoms with Gasteiger partial charge in [-0.25, -0.2) is 9.45 Å². The molecule has 0 spiro atoms. The van der Waals surface area contributed by atoms with Gasteiger partial charge in [0.05, 0.1) is 25.8 Å². The Morgan fingerprint density at radius 2 is 2.05 bits per heavy atom. The van der Waals surface area contributed by atoms with Crippen LogP contribution in [-0.4, -0.2) is 47.6 Å². The van der Waals surface area contributed by atoms with E-state index in [9.17, 15) is 19.1 Å². The van der Waals surface area contributed by atoms with Gasteiger partial charge in [-0.05, 0) is 17.7 Å². The van der Waals surface area contributed by atoms with Crippen molar-refractivity contribution in [3.05, 3.63) is 47.0 Å². The summed E-state index contributed by atoms with van der Waals surface area (Å²) in [5, 5.41) is 10.7. The second-order valence-corrected chi connectivity index (χ2v) is 4.64. The van der Waals surface area contributed by atoms with Crippen LogP contribution in [0.3, 0.4) is 0 Å². The molecule has 1 aliphatic rings. The van der Waals surface area contributed by atoms with Gasteiger partial charge in [0.15, 0.2) is 5.76 Å². The van der Waals surface area contributed by atoms with Gasteiger partial charge < -0.3 is 10.0 Å². The molecule has 7 heteroatoms. The molecule has 1 heterocycles. The van der Waals surface area contributed by atoms with Gasteiger partial charge in [0.25, 0.3) is 11.8 Å². The number of hydrogen-bond donors (Lipinski definition) is 1. The molecular formula is C14H15FN2O4. The minimum atomic E-state index is -0.601. The Morgan fingerprint density at radius 3 is 2.52 bits per heavy atom. The van der Waals surface area contributed by atoms with E-state index < -0.39 is 17.6 Å². The molecule has 21 heavy (non-hydrogen) atoms. The van der Waals surface area contributed by atoms with Crippen molar-refractivity contribution in [2.75, 3.05) is 20.7 Å². The number of halogens is 1. The summed E-state index contributed by atoms with van der Waals surface area (Å²) < 4.78 is 12.9. The molecule has 1 N–H and O–H groups in total. The zero-order valence-electron chi connectivity index (χ0n) is 11.7. The molecule has 1 aromatic carbocycles. The van der Waals surface area contributed by atoms with Crippen molar-refractivity contribution >= 4 is 11.8 Å². The molecule has 0 aliphatic carbocycles. The van der Waals surface area contributed by atoms with E-state index in [1.807, 2.05) is 0 Å². The Morgan fingerprint density at radius 1 is 1.43 bits per heavy atom. The molecule has 6 nitrogen and oxygen atoms in total. The van der Waals surface area contributed by atoms with E-state index >= 15 is 0 Å². The molecule has 1 aliphatic heterocycles. The first kappa shape index (κ1) is 15.0. The number of likely N-dealkylation sites (N-methyl/N-ethyl adjacent to an activating group) is 1. The molecule has 0 unspecified atom stereocenters. The highest BCUT2D eigenvalue weighted by Gasteiger charge is 2.34. The zero-order valence-corrected chi connectivity index (χ0v) is 11.7. The molecule has 0 fully saturated rings. The molecular weight excluding hydrogens is 279 g/mol. The predicted octanol–water partition coefficient (Wildman–Crippen LogP) is 1.000. The van der Waals surface area contributed by atoms with E-state index in [2.05, 4.69) is 0 Å². The number of rotatable bonds is 4. The summed E-state index contributed by atoms with van der Waals surface area (Å²) in [6.07, 6.45) is 0. The molecule has 0 saturated heterocycles. The monoisotopic (exact) mass is 294 g/mol. The van der Waals surface area contributed by atoms with E-state index in [4.69, 9.17) is 4.84 Å². The van der Waals surface area contributed by atoms with Crippen LogP contribution in [-0.2, 0) is 21.0 Å². The summed E-state index contributed by atoms with van der Waals surface area (Å²) in [4.78, 5) is 30.0. The standard InChI is InChI=1S/C14H15FN2O4/c1-16-8-11(12(18)14(16)20)13(19)17(21-2)7-9-3-5-10(15)6-4-9/h3-6,18H,7-8H2,1-2H3. The first-order chi connectivity index (χ1) is 9.93. The topological polar surface area (TPSA) is 70.1 Å². The van der Waals surface area contributed by atoms with Crippen LogP contribution in [0.2, 0.25) is 0 Å². The van der Waals surface area contributed by atoms with E-state index in [0.29, 0.717) is 5.56 Å². The van der Waals surface area contributed by atoms with E-state index in [1.54, 1.807) is 0 Å². The Labute approximate surface area is 121 Å². The first-order valence-electron chi connectivity index (χ1n) is 6.22. The van der Waals surface area contributed by atoms with E-state index in [1.165, 1.54) is 43.3 Å². The Balaban J connectivity index is 2.16. The van der Waals surface area contributed by atoms with Gasteiger partial charge >= 0.3 is 0 Å². The predicted molar refractivity (Wildman–Crippen MR) is 71.3 cm³/mol. The average molecular weight is 294 g/mol. The van der Waals surface area contributed by atoms with Crippen LogP contribution in [0.25, 0.3) is 0 Å². The maximum absolute atomic E-state index is 12.9. The lowest BCUT2D eigenvalue weighted by atomic mass is 10.2. The third-order valence-corrected chi connectivity index (χ3v) is 3.17. The lowest BCUT2D eigenvalue weighted by molar-refractivity contribution is -0.174. The fraction of sp³-hybridized carbons (Fsp3) is 0.286. The van der Waals surface area contributed by atoms with Crippen molar-refractivity contribution in [3.63, 3.8) is 0 Å². The normalized spacial score (nSPS) is 14.8. The SMILES string of the molecule is CON(Cc1ccc(F)cc1)C(=O)C1=C(O)C(=O)N(C)C1. The smallest absolute Gasteiger partial charge is 0.289 e. The largest absolute Gasteiger partial charge is 0.503 e. The van der Waals surface area contributed by atoms with E-state index in [0.717, 1.165) is 5.06 Å². The lowest BCUT2D eigenvalue weighted by Gasteiger charge is -2.20. The third kappa shape index (κ3) is 3.03. The number of benzene rings is 1. The van der Waals surface area contributed by atoms with Crippen molar-refractivity contribution in [3.8, 4) is 0 Å².